The molecule has 2 N–H and O–H groups in total. The van der Waals surface area contributed by atoms with Crippen LogP contribution in [0.15, 0.2) is 21.3 Å². The number of carboxylic acids is 1. The molecule has 7 heteroatoms. The zero-order valence-electron chi connectivity index (χ0n) is 17.0. The number of ether oxygens (including phenoxy) is 1. The predicted molar refractivity (Wildman–Crippen MR) is 108 cm³/mol. The van der Waals surface area contributed by atoms with Crippen molar-refractivity contribution in [1.29, 1.82) is 0 Å². The van der Waals surface area contributed by atoms with Crippen LogP contribution in [0.2, 0.25) is 0 Å². The Balaban J connectivity index is 1.87. The summed E-state index contributed by atoms with van der Waals surface area (Å²) in [6.45, 7) is 5.41. The average Bonchev–Trinajstić information content (AvgIpc) is 3.14. The van der Waals surface area contributed by atoms with E-state index in [1.165, 1.54) is 0 Å². The molecule has 1 amide bonds. The minimum atomic E-state index is -1.06. The molecule has 0 fully saturated rings. The fraction of sp³-hybridized carbons (Fsp3) is 0.500. The number of fused-ring (bicyclic) bond motifs is 3. The molecular weight excluding hydrogens is 374 g/mol. The molecule has 29 heavy (non-hydrogen) atoms. The highest BCUT2D eigenvalue weighted by Gasteiger charge is 2.26. The molecule has 0 saturated heterocycles. The molecule has 0 unspecified atom stereocenters. The highest BCUT2D eigenvalue weighted by Crippen LogP contribution is 2.35. The topological polar surface area (TPSA) is 106 Å². The zero-order valence-corrected chi connectivity index (χ0v) is 17.0. The van der Waals surface area contributed by atoms with E-state index < -0.39 is 24.0 Å². The Hall–Kier alpha value is -2.83. The van der Waals surface area contributed by atoms with Gasteiger partial charge in [-0.25, -0.2) is 9.59 Å². The van der Waals surface area contributed by atoms with E-state index in [1.54, 1.807) is 13.0 Å². The summed E-state index contributed by atoms with van der Waals surface area (Å²) in [4.78, 5) is 36.2. The number of carbonyl (C=O) groups excluding carboxylic acids is 1. The lowest BCUT2D eigenvalue weighted by atomic mass is 10.0. The molecule has 2 aromatic rings. The van der Waals surface area contributed by atoms with Crippen molar-refractivity contribution in [2.75, 3.05) is 0 Å². The molecule has 0 bridgehead atoms. The van der Waals surface area contributed by atoms with Crippen LogP contribution >= 0.6 is 0 Å². The van der Waals surface area contributed by atoms with Gasteiger partial charge < -0.3 is 19.6 Å². The maximum Gasteiger partial charge on any atom is 0.339 e. The number of hydrogen-bond acceptors (Lipinski definition) is 5. The molecule has 0 aliphatic heterocycles. The zero-order chi connectivity index (χ0) is 21.1. The van der Waals surface area contributed by atoms with E-state index in [-0.39, 0.29) is 5.63 Å². The van der Waals surface area contributed by atoms with Crippen molar-refractivity contribution < 1.29 is 23.8 Å². The Morgan fingerprint density at radius 3 is 2.69 bits per heavy atom. The third kappa shape index (κ3) is 4.44. The quantitative estimate of drug-likeness (QED) is 0.659. The SMILES string of the molecule is CCCC[C@@H](NC(=O)[C@@H](C)Oc1cc(C)cc2oc(=O)c3c(c12)CCC3)C(=O)O. The molecule has 1 aromatic carbocycles. The largest absolute Gasteiger partial charge is 0.480 e. The van der Waals surface area contributed by atoms with Gasteiger partial charge in [-0.05, 0) is 62.8 Å². The second-order valence-corrected chi connectivity index (χ2v) is 7.64. The van der Waals surface area contributed by atoms with Gasteiger partial charge in [-0.1, -0.05) is 19.8 Å². The van der Waals surface area contributed by atoms with Crippen molar-refractivity contribution in [1.82, 2.24) is 5.32 Å². The fourth-order valence-electron chi connectivity index (χ4n) is 3.80. The Bertz CT molecular complexity index is 993. The number of rotatable bonds is 8. The van der Waals surface area contributed by atoms with Crippen molar-refractivity contribution in [2.24, 2.45) is 0 Å². The van der Waals surface area contributed by atoms with Crippen LogP contribution in [0.5, 0.6) is 5.75 Å². The van der Waals surface area contributed by atoms with Gasteiger partial charge in [-0.15, -0.1) is 0 Å². The number of aryl methyl sites for hydroxylation is 2. The van der Waals surface area contributed by atoms with Crippen molar-refractivity contribution in [2.45, 2.75) is 71.4 Å². The smallest absolute Gasteiger partial charge is 0.339 e. The van der Waals surface area contributed by atoms with Gasteiger partial charge in [-0.3, -0.25) is 4.79 Å². The maximum atomic E-state index is 12.6. The number of hydrogen-bond donors (Lipinski definition) is 2. The van der Waals surface area contributed by atoms with Gasteiger partial charge >= 0.3 is 11.6 Å². The van der Waals surface area contributed by atoms with Crippen LogP contribution in [0.1, 0.15) is 56.2 Å². The summed E-state index contributed by atoms with van der Waals surface area (Å²) >= 11 is 0. The first-order valence-corrected chi connectivity index (χ1v) is 10.1. The second-order valence-electron chi connectivity index (χ2n) is 7.64. The Morgan fingerprint density at radius 1 is 1.28 bits per heavy atom. The molecule has 1 aliphatic rings. The lowest BCUT2D eigenvalue weighted by Gasteiger charge is -2.20. The van der Waals surface area contributed by atoms with E-state index >= 15 is 0 Å². The molecule has 7 nitrogen and oxygen atoms in total. The number of aliphatic carboxylic acids is 1. The monoisotopic (exact) mass is 401 g/mol. The number of amides is 1. The Labute approximate surface area is 169 Å². The third-order valence-corrected chi connectivity index (χ3v) is 5.31. The summed E-state index contributed by atoms with van der Waals surface area (Å²) in [5.74, 6) is -1.07. The number of carboxylic acid groups (broad SMARTS) is 1. The van der Waals surface area contributed by atoms with Crippen LogP contribution in [0.4, 0.5) is 0 Å². The summed E-state index contributed by atoms with van der Waals surface area (Å²) in [6, 6.07) is 2.67. The summed E-state index contributed by atoms with van der Waals surface area (Å²) < 4.78 is 11.4. The van der Waals surface area contributed by atoms with Gasteiger partial charge in [0.2, 0.25) is 0 Å². The van der Waals surface area contributed by atoms with E-state index in [0.717, 1.165) is 35.8 Å². The van der Waals surface area contributed by atoms with Gasteiger partial charge in [0.05, 0.1) is 5.39 Å². The van der Waals surface area contributed by atoms with Crippen molar-refractivity contribution in [3.63, 3.8) is 0 Å². The Kier molecular flexibility index (Phi) is 6.25. The van der Waals surface area contributed by atoms with E-state index in [9.17, 15) is 19.5 Å². The highest BCUT2D eigenvalue weighted by molar-refractivity contribution is 5.90. The van der Waals surface area contributed by atoms with Gasteiger partial charge in [-0.2, -0.15) is 0 Å². The molecule has 3 rings (SSSR count). The Morgan fingerprint density at radius 2 is 2.00 bits per heavy atom. The van der Waals surface area contributed by atoms with Crippen LogP contribution in [-0.2, 0) is 22.4 Å². The van der Waals surface area contributed by atoms with Crippen molar-refractivity contribution in [3.8, 4) is 5.75 Å². The summed E-state index contributed by atoms with van der Waals surface area (Å²) in [6.07, 6.45) is 3.34. The van der Waals surface area contributed by atoms with Crippen LogP contribution in [0.3, 0.4) is 0 Å². The molecule has 0 spiro atoms. The minimum Gasteiger partial charge on any atom is -0.480 e. The van der Waals surface area contributed by atoms with Crippen LogP contribution in [-0.4, -0.2) is 29.1 Å². The standard InChI is InChI=1S/C22H27NO6/c1-4-5-9-16(21(25)26)23-20(24)13(3)28-17-10-12(2)11-18-19(17)14-7-6-8-15(14)22(27)29-18/h10-11,13,16H,4-9H2,1-3H3,(H,23,24)(H,25,26)/t13-,16-/m1/s1. The van der Waals surface area contributed by atoms with Gasteiger partial charge in [0, 0.05) is 5.56 Å². The number of unbranched alkanes of at least 4 members (excludes halogenated alkanes) is 1. The molecule has 0 saturated carbocycles. The average molecular weight is 401 g/mol. The molecule has 1 aliphatic carbocycles. The summed E-state index contributed by atoms with van der Waals surface area (Å²) in [5.41, 5.74) is 2.57. The third-order valence-electron chi connectivity index (χ3n) is 5.31. The minimum absolute atomic E-state index is 0.312. The molecule has 2 atom stereocenters. The predicted octanol–water partition coefficient (Wildman–Crippen LogP) is 3.12. The molecule has 0 radical (unpaired) electrons. The normalized spacial score (nSPS) is 15.0. The lowest BCUT2D eigenvalue weighted by molar-refractivity contribution is -0.143. The fourth-order valence-corrected chi connectivity index (χ4v) is 3.80. The van der Waals surface area contributed by atoms with E-state index in [0.29, 0.717) is 36.2 Å². The maximum absolute atomic E-state index is 12.6. The summed E-state index contributed by atoms with van der Waals surface area (Å²) in [7, 11) is 0. The van der Waals surface area contributed by atoms with Crippen molar-refractivity contribution in [3.05, 3.63) is 39.2 Å². The highest BCUT2D eigenvalue weighted by atomic mass is 16.5. The van der Waals surface area contributed by atoms with Crippen LogP contribution < -0.4 is 15.7 Å². The van der Waals surface area contributed by atoms with E-state index in [1.807, 2.05) is 19.9 Å². The molecule has 1 heterocycles. The van der Waals surface area contributed by atoms with E-state index in [4.69, 9.17) is 9.15 Å². The van der Waals surface area contributed by atoms with Gasteiger partial charge in [0.1, 0.15) is 17.4 Å². The lowest BCUT2D eigenvalue weighted by Crippen LogP contribution is -2.46. The van der Waals surface area contributed by atoms with Gasteiger partial charge in [0.25, 0.3) is 5.91 Å². The van der Waals surface area contributed by atoms with E-state index in [2.05, 4.69) is 5.32 Å². The second kappa shape index (κ2) is 8.68. The first-order chi connectivity index (χ1) is 13.8. The molecule has 1 aromatic heterocycles. The van der Waals surface area contributed by atoms with Crippen molar-refractivity contribution >= 4 is 22.8 Å². The van der Waals surface area contributed by atoms with Gasteiger partial charge in [0.15, 0.2) is 6.10 Å². The first-order valence-electron chi connectivity index (χ1n) is 10.1. The number of carbonyl (C=O) groups is 2. The molecule has 156 valence electrons. The number of nitrogens with one attached hydrogen (secondary N) is 1. The summed E-state index contributed by atoms with van der Waals surface area (Å²) in [5, 5.41) is 12.6. The number of benzene rings is 1. The molecular formula is C22H27NO6. The first kappa shape index (κ1) is 20.9. The van der Waals surface area contributed by atoms with Crippen LogP contribution in [0.25, 0.3) is 11.0 Å². The van der Waals surface area contributed by atoms with Crippen LogP contribution in [0, 0.1) is 6.92 Å².